The summed E-state index contributed by atoms with van der Waals surface area (Å²) in [7, 11) is 0. The third-order valence-corrected chi connectivity index (χ3v) is 3.24. The number of hydrogen-bond donors (Lipinski definition) is 1. The lowest BCUT2D eigenvalue weighted by atomic mass is 10.0. The molecule has 1 N–H and O–H groups in total. The number of hydrogen-bond acceptors (Lipinski definition) is 3. The van der Waals surface area contributed by atoms with Gasteiger partial charge in [0.1, 0.15) is 24.4 Å². The lowest BCUT2D eigenvalue weighted by molar-refractivity contribution is 0.136. The maximum atomic E-state index is 13.7. The van der Waals surface area contributed by atoms with E-state index >= 15 is 0 Å². The van der Waals surface area contributed by atoms with E-state index in [1.807, 2.05) is 13.8 Å². The van der Waals surface area contributed by atoms with E-state index < -0.39 is 25.4 Å². The van der Waals surface area contributed by atoms with Gasteiger partial charge < -0.3 is 5.11 Å². The molecule has 2 aromatic rings. The number of aromatic hydroxyl groups is 1. The van der Waals surface area contributed by atoms with Gasteiger partial charge in [0, 0.05) is 12.3 Å². The van der Waals surface area contributed by atoms with Gasteiger partial charge in [0.25, 0.3) is 0 Å². The van der Waals surface area contributed by atoms with Crippen molar-refractivity contribution in [3.63, 3.8) is 0 Å². The van der Waals surface area contributed by atoms with Crippen LogP contribution in [0, 0.1) is 0 Å². The summed E-state index contributed by atoms with van der Waals surface area (Å²) in [5.74, 6) is 0.377. The first kappa shape index (κ1) is 15.5. The Balaban J connectivity index is 2.53. The molecule has 3 nitrogen and oxygen atoms in total. The molecule has 1 heterocycles. The van der Waals surface area contributed by atoms with Crippen LogP contribution in [0.2, 0.25) is 0 Å². The predicted octanol–water partition coefficient (Wildman–Crippen LogP) is 3.65. The number of fused-ring (bicyclic) bond motifs is 1. The van der Waals surface area contributed by atoms with Crippen LogP contribution in [0.25, 0.3) is 10.9 Å². The summed E-state index contributed by atoms with van der Waals surface area (Å²) in [4.78, 5) is 8.52. The van der Waals surface area contributed by atoms with Crippen LogP contribution in [0.15, 0.2) is 18.2 Å². The summed E-state index contributed by atoms with van der Waals surface area (Å²) < 4.78 is 39.1. The maximum absolute atomic E-state index is 13.7. The van der Waals surface area contributed by atoms with Crippen LogP contribution in [0.4, 0.5) is 13.2 Å². The Kier molecular flexibility index (Phi) is 4.65. The molecule has 0 amide bonds. The molecule has 0 aliphatic carbocycles. The zero-order valence-electron chi connectivity index (χ0n) is 11.9. The Morgan fingerprint density at radius 3 is 2.48 bits per heavy atom. The van der Waals surface area contributed by atoms with Gasteiger partial charge in [0.2, 0.25) is 0 Å². The van der Waals surface area contributed by atoms with Crippen LogP contribution in [0.1, 0.15) is 31.3 Å². The minimum atomic E-state index is -2.19. The van der Waals surface area contributed by atoms with Gasteiger partial charge in [-0.25, -0.2) is 23.1 Å². The zero-order chi connectivity index (χ0) is 15.6. The van der Waals surface area contributed by atoms with Crippen LogP contribution in [0.3, 0.4) is 0 Å². The smallest absolute Gasteiger partial charge is 0.160 e. The molecule has 0 aliphatic rings. The van der Waals surface area contributed by atoms with Crippen molar-refractivity contribution in [2.45, 2.75) is 38.5 Å². The van der Waals surface area contributed by atoms with Crippen LogP contribution in [0.5, 0.6) is 5.75 Å². The fourth-order valence-electron chi connectivity index (χ4n) is 2.07. The molecule has 0 radical (unpaired) electrons. The van der Waals surface area contributed by atoms with Gasteiger partial charge in [-0.15, -0.1) is 0 Å². The second-order valence-corrected chi connectivity index (χ2v) is 5.24. The van der Waals surface area contributed by atoms with E-state index in [1.54, 1.807) is 12.1 Å². The molecule has 1 aromatic heterocycles. The first-order chi connectivity index (χ1) is 9.93. The van der Waals surface area contributed by atoms with E-state index in [2.05, 4.69) is 9.97 Å². The molecule has 0 aliphatic heterocycles. The molecule has 0 bridgehead atoms. The molecule has 0 saturated heterocycles. The molecule has 21 heavy (non-hydrogen) atoms. The van der Waals surface area contributed by atoms with Crippen molar-refractivity contribution in [3.8, 4) is 5.75 Å². The van der Waals surface area contributed by atoms with Gasteiger partial charge in [0.05, 0.1) is 16.6 Å². The first-order valence-electron chi connectivity index (χ1n) is 6.76. The van der Waals surface area contributed by atoms with Crippen molar-refractivity contribution in [1.82, 2.24) is 9.97 Å². The number of aromatic nitrogens is 2. The summed E-state index contributed by atoms with van der Waals surface area (Å²) in [6.45, 7) is 2.37. The SMILES string of the molecule is CC(C)c1nc(CC(F)C(F)CF)c2c(O)cccc2n1. The molecular formula is C15H17F3N2O. The second-order valence-electron chi connectivity index (χ2n) is 5.24. The van der Waals surface area contributed by atoms with Gasteiger partial charge in [-0.2, -0.15) is 0 Å². The Labute approximate surface area is 120 Å². The monoisotopic (exact) mass is 298 g/mol. The van der Waals surface area contributed by atoms with Crippen molar-refractivity contribution in [3.05, 3.63) is 29.7 Å². The van der Waals surface area contributed by atoms with E-state index in [-0.39, 0.29) is 22.7 Å². The number of halogens is 3. The average Bonchev–Trinajstić information content (AvgIpc) is 2.45. The third kappa shape index (κ3) is 3.25. The van der Waals surface area contributed by atoms with Crippen LogP contribution >= 0.6 is 0 Å². The van der Waals surface area contributed by atoms with Gasteiger partial charge in [-0.05, 0) is 12.1 Å². The van der Waals surface area contributed by atoms with E-state index in [4.69, 9.17) is 0 Å². The quantitative estimate of drug-likeness (QED) is 0.916. The highest BCUT2D eigenvalue weighted by atomic mass is 19.2. The highest BCUT2D eigenvalue weighted by Gasteiger charge is 2.24. The van der Waals surface area contributed by atoms with E-state index in [1.165, 1.54) is 6.07 Å². The fourth-order valence-corrected chi connectivity index (χ4v) is 2.07. The molecule has 0 fully saturated rings. The Bertz CT molecular complexity index is 634. The van der Waals surface area contributed by atoms with Crippen molar-refractivity contribution in [2.75, 3.05) is 6.67 Å². The minimum Gasteiger partial charge on any atom is -0.507 e. The fraction of sp³-hybridized carbons (Fsp3) is 0.467. The van der Waals surface area contributed by atoms with Crippen molar-refractivity contribution < 1.29 is 18.3 Å². The molecule has 1 aromatic carbocycles. The summed E-state index contributed by atoms with van der Waals surface area (Å²) in [6.07, 6.45) is -4.60. The summed E-state index contributed by atoms with van der Waals surface area (Å²) in [5.41, 5.74) is 0.664. The lowest BCUT2D eigenvalue weighted by Crippen LogP contribution is -2.22. The van der Waals surface area contributed by atoms with Gasteiger partial charge in [-0.1, -0.05) is 19.9 Å². The van der Waals surface area contributed by atoms with Crippen LogP contribution in [-0.4, -0.2) is 34.1 Å². The Morgan fingerprint density at radius 2 is 1.86 bits per heavy atom. The van der Waals surface area contributed by atoms with Crippen molar-refractivity contribution in [1.29, 1.82) is 0 Å². The highest BCUT2D eigenvalue weighted by Crippen LogP contribution is 2.29. The maximum Gasteiger partial charge on any atom is 0.160 e. The molecule has 2 rings (SSSR count). The topological polar surface area (TPSA) is 46.0 Å². The first-order valence-corrected chi connectivity index (χ1v) is 6.76. The summed E-state index contributed by atoms with van der Waals surface area (Å²) >= 11 is 0. The molecule has 0 saturated carbocycles. The zero-order valence-corrected chi connectivity index (χ0v) is 11.9. The number of nitrogens with zero attached hydrogens (tertiary/aromatic N) is 2. The molecule has 2 atom stereocenters. The number of benzene rings is 1. The number of alkyl halides is 3. The molecular weight excluding hydrogens is 281 g/mol. The Morgan fingerprint density at radius 1 is 1.14 bits per heavy atom. The number of rotatable bonds is 5. The molecule has 6 heteroatoms. The van der Waals surface area contributed by atoms with Gasteiger partial charge in [0.15, 0.2) is 6.17 Å². The number of phenols is 1. The van der Waals surface area contributed by atoms with E-state index in [0.29, 0.717) is 11.3 Å². The summed E-state index contributed by atoms with van der Waals surface area (Å²) in [6, 6.07) is 4.71. The minimum absolute atomic E-state index is 0.00379. The van der Waals surface area contributed by atoms with Crippen LogP contribution in [-0.2, 0) is 6.42 Å². The molecule has 0 spiro atoms. The Hall–Kier alpha value is -1.85. The largest absolute Gasteiger partial charge is 0.507 e. The van der Waals surface area contributed by atoms with E-state index in [0.717, 1.165) is 0 Å². The van der Waals surface area contributed by atoms with Gasteiger partial charge in [-0.3, -0.25) is 0 Å². The van der Waals surface area contributed by atoms with E-state index in [9.17, 15) is 18.3 Å². The summed E-state index contributed by atoms with van der Waals surface area (Å²) in [5, 5.41) is 10.2. The molecule has 2 unspecified atom stereocenters. The number of phenolic OH excluding ortho intramolecular Hbond substituents is 1. The third-order valence-electron chi connectivity index (χ3n) is 3.24. The normalized spacial score (nSPS) is 14.6. The van der Waals surface area contributed by atoms with Gasteiger partial charge >= 0.3 is 0 Å². The second kappa shape index (κ2) is 6.28. The lowest BCUT2D eigenvalue weighted by Gasteiger charge is -2.14. The van der Waals surface area contributed by atoms with Crippen LogP contribution < -0.4 is 0 Å². The molecule has 114 valence electrons. The predicted molar refractivity (Wildman–Crippen MR) is 74.8 cm³/mol. The van der Waals surface area contributed by atoms with Crippen molar-refractivity contribution >= 4 is 10.9 Å². The van der Waals surface area contributed by atoms with Crippen molar-refractivity contribution in [2.24, 2.45) is 0 Å². The highest BCUT2D eigenvalue weighted by molar-refractivity contribution is 5.87. The standard InChI is InChI=1S/C15H17F3N2O/c1-8(2)15-19-11-4-3-5-13(21)14(11)12(20-15)6-9(17)10(18)7-16/h3-5,8-10,21H,6-7H2,1-2H3. The average molecular weight is 298 g/mol.